The molecule has 0 bridgehead atoms. The fraction of sp³-hybridized carbons (Fsp3) is 0.200. The van der Waals surface area contributed by atoms with E-state index in [2.05, 4.69) is 19.9 Å². The molecule has 0 atom stereocenters. The van der Waals surface area contributed by atoms with Crippen LogP contribution >= 0.6 is 0 Å². The van der Waals surface area contributed by atoms with Gasteiger partial charge in [0, 0.05) is 5.39 Å². The minimum Gasteiger partial charge on any atom is -0.464 e. The van der Waals surface area contributed by atoms with Crippen molar-refractivity contribution in [2.45, 2.75) is 13.8 Å². The number of aryl methyl sites for hydroxylation is 2. The van der Waals surface area contributed by atoms with Crippen LogP contribution in [0.4, 0.5) is 0 Å². The predicted octanol–water partition coefficient (Wildman–Crippen LogP) is 3.05. The summed E-state index contributed by atoms with van der Waals surface area (Å²) in [6.07, 6.45) is 1.80. The van der Waals surface area contributed by atoms with E-state index < -0.39 is 0 Å². The van der Waals surface area contributed by atoms with E-state index in [0.29, 0.717) is 0 Å². The van der Waals surface area contributed by atoms with Crippen LogP contribution in [0.1, 0.15) is 11.1 Å². The van der Waals surface area contributed by atoms with Gasteiger partial charge in [-0.15, -0.1) is 0 Å². The molecule has 1 heterocycles. The second-order valence-electron chi connectivity index (χ2n) is 2.87. The Hall–Kier alpha value is -1.24. The van der Waals surface area contributed by atoms with Gasteiger partial charge in [0.2, 0.25) is 0 Å². The minimum absolute atomic E-state index is 0.988. The summed E-state index contributed by atoms with van der Waals surface area (Å²) in [6, 6.07) is 6.11. The van der Waals surface area contributed by atoms with Crippen molar-refractivity contribution in [1.29, 1.82) is 0 Å². The van der Waals surface area contributed by atoms with Crippen molar-refractivity contribution in [3.63, 3.8) is 0 Å². The number of rotatable bonds is 0. The number of furan rings is 1. The van der Waals surface area contributed by atoms with Gasteiger partial charge in [0.25, 0.3) is 0 Å². The van der Waals surface area contributed by atoms with Gasteiger partial charge in [-0.25, -0.2) is 0 Å². The molecule has 1 aromatic carbocycles. The van der Waals surface area contributed by atoms with Crippen LogP contribution in [0.3, 0.4) is 0 Å². The van der Waals surface area contributed by atoms with E-state index in [4.69, 9.17) is 4.42 Å². The molecule has 1 heteroatoms. The Bertz CT molecular complexity index is 385. The fourth-order valence-electron chi connectivity index (χ4n) is 1.46. The topological polar surface area (TPSA) is 13.1 Å². The van der Waals surface area contributed by atoms with Crippen LogP contribution in [0.5, 0.6) is 0 Å². The molecule has 0 unspecified atom stereocenters. The summed E-state index contributed by atoms with van der Waals surface area (Å²) in [6.45, 7) is 4.17. The molecule has 0 N–H and O–H groups in total. The van der Waals surface area contributed by atoms with Gasteiger partial charge < -0.3 is 4.42 Å². The second-order valence-corrected chi connectivity index (χ2v) is 2.87. The van der Waals surface area contributed by atoms with Crippen LogP contribution in [0, 0.1) is 13.8 Å². The molecule has 2 rings (SSSR count). The summed E-state index contributed by atoms with van der Waals surface area (Å²) in [4.78, 5) is 0. The summed E-state index contributed by atoms with van der Waals surface area (Å²) in [5, 5.41) is 1.26. The zero-order valence-electron chi connectivity index (χ0n) is 6.72. The summed E-state index contributed by atoms with van der Waals surface area (Å²) < 4.78 is 5.33. The molecule has 0 radical (unpaired) electrons. The lowest BCUT2D eigenvalue weighted by Crippen LogP contribution is -1.73. The minimum atomic E-state index is 0.988. The van der Waals surface area contributed by atoms with Crippen LogP contribution in [0.25, 0.3) is 11.0 Å². The van der Waals surface area contributed by atoms with E-state index in [1.165, 1.54) is 16.5 Å². The highest BCUT2D eigenvalue weighted by Crippen LogP contribution is 2.23. The first-order valence-electron chi connectivity index (χ1n) is 3.72. The lowest BCUT2D eigenvalue weighted by Gasteiger charge is -1.93. The Kier molecular flexibility index (Phi) is 1.25. The molecule has 1 nitrogen and oxygen atoms in total. The second kappa shape index (κ2) is 2.12. The lowest BCUT2D eigenvalue weighted by atomic mass is 10.1. The van der Waals surface area contributed by atoms with Gasteiger partial charge in [0.15, 0.2) is 0 Å². The highest BCUT2D eigenvalue weighted by Gasteiger charge is 2.02. The molecule has 0 saturated heterocycles. The van der Waals surface area contributed by atoms with Gasteiger partial charge in [0.1, 0.15) is 5.58 Å². The van der Waals surface area contributed by atoms with Crippen molar-refractivity contribution in [2.24, 2.45) is 0 Å². The maximum absolute atomic E-state index is 5.33. The molecular weight excluding hydrogens is 136 g/mol. The zero-order valence-corrected chi connectivity index (χ0v) is 6.72. The largest absolute Gasteiger partial charge is 0.464 e. The average Bonchev–Trinajstić information content (AvgIpc) is 2.34. The smallest absolute Gasteiger partial charge is 0.134 e. The van der Waals surface area contributed by atoms with E-state index in [-0.39, 0.29) is 0 Å². The van der Waals surface area contributed by atoms with Crippen molar-refractivity contribution in [3.05, 3.63) is 35.6 Å². The first kappa shape index (κ1) is 6.47. The van der Waals surface area contributed by atoms with Crippen molar-refractivity contribution >= 4 is 11.0 Å². The van der Waals surface area contributed by atoms with Crippen molar-refractivity contribution in [1.82, 2.24) is 0 Å². The van der Waals surface area contributed by atoms with Crippen LogP contribution in [0.2, 0.25) is 0 Å². The quantitative estimate of drug-likeness (QED) is 0.556. The molecular formula is C10H10O. The van der Waals surface area contributed by atoms with E-state index in [9.17, 15) is 0 Å². The molecule has 56 valence electrons. The molecule has 1 aromatic heterocycles. The maximum Gasteiger partial charge on any atom is 0.134 e. The van der Waals surface area contributed by atoms with Crippen molar-refractivity contribution < 1.29 is 4.42 Å². The summed E-state index contributed by atoms with van der Waals surface area (Å²) in [7, 11) is 0. The lowest BCUT2D eigenvalue weighted by molar-refractivity contribution is 0.613. The SMILES string of the molecule is Cc1cccc2occ(C)c12. The molecule has 0 aliphatic carbocycles. The highest BCUT2D eigenvalue weighted by molar-refractivity contribution is 5.84. The molecule has 0 aliphatic heterocycles. The van der Waals surface area contributed by atoms with E-state index >= 15 is 0 Å². The normalized spacial score (nSPS) is 10.7. The summed E-state index contributed by atoms with van der Waals surface area (Å²) >= 11 is 0. The third-order valence-electron chi connectivity index (χ3n) is 1.99. The maximum atomic E-state index is 5.33. The molecule has 11 heavy (non-hydrogen) atoms. The van der Waals surface area contributed by atoms with Gasteiger partial charge in [0.05, 0.1) is 6.26 Å². The van der Waals surface area contributed by atoms with Gasteiger partial charge in [-0.1, -0.05) is 12.1 Å². The summed E-state index contributed by atoms with van der Waals surface area (Å²) in [5.74, 6) is 0. The van der Waals surface area contributed by atoms with Crippen LogP contribution in [0.15, 0.2) is 28.9 Å². The van der Waals surface area contributed by atoms with E-state index in [0.717, 1.165) is 5.58 Å². The van der Waals surface area contributed by atoms with Crippen molar-refractivity contribution in [2.75, 3.05) is 0 Å². The monoisotopic (exact) mass is 146 g/mol. The number of hydrogen-bond donors (Lipinski definition) is 0. The number of benzene rings is 1. The molecule has 0 fully saturated rings. The number of fused-ring (bicyclic) bond motifs is 1. The van der Waals surface area contributed by atoms with Crippen LogP contribution in [-0.2, 0) is 0 Å². The Balaban J connectivity index is 2.96. The van der Waals surface area contributed by atoms with E-state index in [1.807, 2.05) is 12.1 Å². The average molecular weight is 146 g/mol. The van der Waals surface area contributed by atoms with Gasteiger partial charge >= 0.3 is 0 Å². The van der Waals surface area contributed by atoms with Gasteiger partial charge in [-0.2, -0.15) is 0 Å². The first-order valence-corrected chi connectivity index (χ1v) is 3.72. The molecule has 0 amide bonds. The summed E-state index contributed by atoms with van der Waals surface area (Å²) in [5.41, 5.74) is 3.49. The Morgan fingerprint density at radius 2 is 1.91 bits per heavy atom. The van der Waals surface area contributed by atoms with Crippen molar-refractivity contribution in [3.8, 4) is 0 Å². The molecule has 0 saturated carbocycles. The molecule has 2 aromatic rings. The Labute approximate surface area is 65.6 Å². The predicted molar refractivity (Wildman–Crippen MR) is 45.7 cm³/mol. The third-order valence-corrected chi connectivity index (χ3v) is 1.99. The van der Waals surface area contributed by atoms with E-state index in [1.54, 1.807) is 6.26 Å². The molecule has 0 spiro atoms. The Morgan fingerprint density at radius 1 is 1.09 bits per heavy atom. The third kappa shape index (κ3) is 0.845. The van der Waals surface area contributed by atoms with Gasteiger partial charge in [-0.3, -0.25) is 0 Å². The van der Waals surface area contributed by atoms with Crippen LogP contribution in [-0.4, -0.2) is 0 Å². The van der Waals surface area contributed by atoms with Crippen LogP contribution < -0.4 is 0 Å². The number of hydrogen-bond acceptors (Lipinski definition) is 1. The zero-order chi connectivity index (χ0) is 7.84. The highest BCUT2D eigenvalue weighted by atomic mass is 16.3. The Morgan fingerprint density at radius 3 is 2.64 bits per heavy atom. The van der Waals surface area contributed by atoms with Gasteiger partial charge in [-0.05, 0) is 31.0 Å². The fourth-order valence-corrected chi connectivity index (χ4v) is 1.46. The standard InChI is InChI=1S/C10H10O/c1-7-4-3-5-9-10(7)8(2)6-11-9/h3-6H,1-2H3. The molecule has 0 aliphatic rings. The first-order chi connectivity index (χ1) is 5.29.